The molecule has 0 aliphatic heterocycles. The molecule has 0 aromatic heterocycles. The topological polar surface area (TPSA) is 55.2 Å². The number of non-ortho nitro benzene ring substituents is 1. The first-order chi connectivity index (χ1) is 15.9. The SMILES string of the molecule is CCCCCCCCCCCCCCCCCC[N+](C)(C)CCNc1ccc([N+](=O)[O-])cc1.[I-]. The first-order valence-corrected chi connectivity index (χ1v) is 13.7. The Morgan fingerprint density at radius 2 is 1.12 bits per heavy atom. The van der Waals surface area contributed by atoms with Gasteiger partial charge < -0.3 is 33.8 Å². The second-order valence-electron chi connectivity index (χ2n) is 10.4. The van der Waals surface area contributed by atoms with Crippen LogP contribution in [0, 0.1) is 10.1 Å². The number of nitro groups is 1. The molecule has 0 spiro atoms. The van der Waals surface area contributed by atoms with Crippen molar-refractivity contribution < 1.29 is 33.4 Å². The van der Waals surface area contributed by atoms with Gasteiger partial charge in [-0.25, -0.2) is 0 Å². The molecule has 1 aromatic rings. The summed E-state index contributed by atoms with van der Waals surface area (Å²) in [7, 11) is 4.59. The van der Waals surface area contributed by atoms with E-state index in [1.54, 1.807) is 24.3 Å². The van der Waals surface area contributed by atoms with Crippen molar-refractivity contribution in [3.63, 3.8) is 0 Å². The molecule has 0 amide bonds. The van der Waals surface area contributed by atoms with E-state index in [-0.39, 0.29) is 34.6 Å². The van der Waals surface area contributed by atoms with Gasteiger partial charge in [-0.15, -0.1) is 0 Å². The highest BCUT2D eigenvalue weighted by Crippen LogP contribution is 2.16. The first kappa shape index (κ1) is 33.1. The minimum absolute atomic E-state index is 0. The Kier molecular flexibility index (Phi) is 20.8. The Bertz CT molecular complexity index is 608. The first-order valence-electron chi connectivity index (χ1n) is 13.7. The van der Waals surface area contributed by atoms with Crippen molar-refractivity contribution in [2.24, 2.45) is 0 Å². The number of nitrogens with one attached hydrogen (secondary N) is 1. The third kappa shape index (κ3) is 18.4. The summed E-state index contributed by atoms with van der Waals surface area (Å²) in [5.74, 6) is 0. The predicted octanol–water partition coefficient (Wildman–Crippen LogP) is 5.35. The van der Waals surface area contributed by atoms with Crippen molar-refractivity contribution in [3.05, 3.63) is 34.4 Å². The van der Waals surface area contributed by atoms with Crippen LogP contribution >= 0.6 is 0 Å². The summed E-state index contributed by atoms with van der Waals surface area (Å²) in [5.41, 5.74) is 1.09. The van der Waals surface area contributed by atoms with E-state index in [9.17, 15) is 10.1 Å². The van der Waals surface area contributed by atoms with Crippen LogP contribution in [-0.2, 0) is 0 Å². The molecule has 0 unspecified atom stereocenters. The van der Waals surface area contributed by atoms with Crippen molar-refractivity contribution in [2.45, 2.75) is 110 Å². The van der Waals surface area contributed by atoms with Crippen molar-refractivity contribution in [1.82, 2.24) is 0 Å². The molecule has 0 heterocycles. The molecule has 34 heavy (non-hydrogen) atoms. The minimum Gasteiger partial charge on any atom is -1.00 e. The zero-order chi connectivity index (χ0) is 24.2. The van der Waals surface area contributed by atoms with Crippen LogP contribution < -0.4 is 29.3 Å². The molecule has 1 aromatic carbocycles. The molecule has 6 heteroatoms. The summed E-state index contributed by atoms with van der Waals surface area (Å²) in [4.78, 5) is 10.4. The summed E-state index contributed by atoms with van der Waals surface area (Å²) >= 11 is 0. The molecular weight excluding hydrogens is 537 g/mol. The van der Waals surface area contributed by atoms with Gasteiger partial charge in [-0.3, -0.25) is 10.1 Å². The number of halogens is 1. The number of nitrogens with zero attached hydrogens (tertiary/aromatic N) is 2. The molecule has 0 atom stereocenters. The minimum atomic E-state index is -0.359. The van der Waals surface area contributed by atoms with Crippen LogP contribution in [-0.4, -0.2) is 43.1 Å². The average molecular weight is 590 g/mol. The maximum absolute atomic E-state index is 10.7. The van der Waals surface area contributed by atoms with Gasteiger partial charge in [-0.1, -0.05) is 96.8 Å². The van der Waals surface area contributed by atoms with Gasteiger partial charge in [0.25, 0.3) is 5.69 Å². The number of likely N-dealkylation sites (N-methyl/N-ethyl adjacent to an activating group) is 1. The number of nitro benzene ring substituents is 1. The van der Waals surface area contributed by atoms with Gasteiger partial charge in [0.1, 0.15) is 0 Å². The van der Waals surface area contributed by atoms with E-state index < -0.39 is 0 Å². The second-order valence-corrected chi connectivity index (χ2v) is 10.4. The standard InChI is InChI=1S/C28H52N3O2.HI/c1-4-5-6-7-8-9-10-11-12-13-14-15-16-17-18-19-25-31(2,3)26-24-29-27-20-22-28(23-21-27)30(32)33;/h20-23,29H,4-19,24-26H2,1-3H3;1H/q+1;/p-1. The van der Waals surface area contributed by atoms with Crippen LogP contribution in [0.3, 0.4) is 0 Å². The van der Waals surface area contributed by atoms with E-state index in [2.05, 4.69) is 26.3 Å². The summed E-state index contributed by atoms with van der Waals surface area (Å²) in [6.45, 7) is 5.43. The van der Waals surface area contributed by atoms with Crippen LogP contribution in [0.5, 0.6) is 0 Å². The highest BCUT2D eigenvalue weighted by molar-refractivity contribution is 5.48. The van der Waals surface area contributed by atoms with E-state index in [1.807, 2.05) is 0 Å². The van der Waals surface area contributed by atoms with Crippen molar-refractivity contribution in [2.75, 3.05) is 39.0 Å². The molecule has 1 N–H and O–H groups in total. The molecule has 0 saturated heterocycles. The smallest absolute Gasteiger partial charge is 0.269 e. The van der Waals surface area contributed by atoms with Gasteiger partial charge >= 0.3 is 0 Å². The number of benzene rings is 1. The largest absolute Gasteiger partial charge is 1.00 e. The zero-order valence-electron chi connectivity index (χ0n) is 22.3. The van der Waals surface area contributed by atoms with Gasteiger partial charge in [0.2, 0.25) is 0 Å². The summed E-state index contributed by atoms with van der Waals surface area (Å²) in [5, 5.41) is 14.1. The maximum atomic E-state index is 10.7. The van der Waals surface area contributed by atoms with Gasteiger partial charge in [0.15, 0.2) is 0 Å². The molecule has 198 valence electrons. The lowest BCUT2D eigenvalue weighted by molar-refractivity contribution is -0.888. The van der Waals surface area contributed by atoms with E-state index in [4.69, 9.17) is 0 Å². The van der Waals surface area contributed by atoms with Crippen LogP contribution in [0.15, 0.2) is 24.3 Å². The number of quaternary nitrogens is 1. The fraction of sp³-hybridized carbons (Fsp3) is 0.786. The molecule has 0 radical (unpaired) electrons. The van der Waals surface area contributed by atoms with Gasteiger partial charge in [-0.05, 0) is 25.0 Å². The number of anilines is 1. The summed E-state index contributed by atoms with van der Waals surface area (Å²) < 4.78 is 1.01. The average Bonchev–Trinajstić information content (AvgIpc) is 2.79. The Hall–Kier alpha value is -0.890. The Balaban J connectivity index is 0.0000109. The third-order valence-corrected chi connectivity index (χ3v) is 6.74. The molecule has 0 aliphatic rings. The number of hydrogen-bond acceptors (Lipinski definition) is 3. The lowest BCUT2D eigenvalue weighted by Gasteiger charge is -2.30. The fourth-order valence-electron chi connectivity index (χ4n) is 4.40. The Morgan fingerprint density at radius 3 is 1.53 bits per heavy atom. The quantitative estimate of drug-likeness (QED) is 0.0653. The summed E-state index contributed by atoms with van der Waals surface area (Å²) in [6, 6.07) is 6.68. The fourth-order valence-corrected chi connectivity index (χ4v) is 4.40. The van der Waals surface area contributed by atoms with E-state index in [0.717, 1.165) is 23.3 Å². The second kappa shape index (κ2) is 21.4. The lowest BCUT2D eigenvalue weighted by atomic mass is 10.0. The lowest BCUT2D eigenvalue weighted by Crippen LogP contribution is -3.00. The van der Waals surface area contributed by atoms with Crippen LogP contribution in [0.4, 0.5) is 11.4 Å². The van der Waals surface area contributed by atoms with Crippen LogP contribution in [0.1, 0.15) is 110 Å². The van der Waals surface area contributed by atoms with Gasteiger partial charge in [-0.2, -0.15) is 0 Å². The predicted molar refractivity (Wildman–Crippen MR) is 143 cm³/mol. The van der Waals surface area contributed by atoms with E-state index >= 15 is 0 Å². The maximum Gasteiger partial charge on any atom is 0.269 e. The number of rotatable bonds is 22. The molecule has 5 nitrogen and oxygen atoms in total. The van der Waals surface area contributed by atoms with Crippen molar-refractivity contribution in [1.29, 1.82) is 0 Å². The zero-order valence-corrected chi connectivity index (χ0v) is 24.5. The Labute approximate surface area is 227 Å². The van der Waals surface area contributed by atoms with Gasteiger partial charge in [0.05, 0.1) is 38.7 Å². The Morgan fingerprint density at radius 1 is 0.706 bits per heavy atom. The molecular formula is C28H52IN3O2. The van der Waals surface area contributed by atoms with Crippen molar-refractivity contribution in [3.8, 4) is 0 Å². The third-order valence-electron chi connectivity index (χ3n) is 6.74. The van der Waals surface area contributed by atoms with Crippen molar-refractivity contribution >= 4 is 11.4 Å². The van der Waals surface area contributed by atoms with Crippen LogP contribution in [0.2, 0.25) is 0 Å². The number of hydrogen-bond donors (Lipinski definition) is 1. The van der Waals surface area contributed by atoms with Crippen LogP contribution in [0.25, 0.3) is 0 Å². The number of unbranched alkanes of at least 4 members (excludes halogenated alkanes) is 15. The van der Waals surface area contributed by atoms with Gasteiger partial charge in [0, 0.05) is 17.8 Å². The van der Waals surface area contributed by atoms with E-state index in [0.29, 0.717) is 0 Å². The highest BCUT2D eigenvalue weighted by atomic mass is 127. The molecule has 0 saturated carbocycles. The highest BCUT2D eigenvalue weighted by Gasteiger charge is 2.14. The summed E-state index contributed by atoms with van der Waals surface area (Å²) in [6.07, 6.45) is 22.6. The molecule has 0 fully saturated rings. The molecule has 1 rings (SSSR count). The molecule has 0 aliphatic carbocycles. The monoisotopic (exact) mass is 589 g/mol. The molecule has 0 bridgehead atoms. The van der Waals surface area contributed by atoms with E-state index in [1.165, 1.54) is 109 Å². The normalized spacial score (nSPS) is 11.3.